The van der Waals surface area contributed by atoms with E-state index < -0.39 is 42.9 Å². The van der Waals surface area contributed by atoms with Gasteiger partial charge in [-0.25, -0.2) is 0 Å². The molecule has 0 amide bonds. The van der Waals surface area contributed by atoms with E-state index in [0.717, 1.165) is 17.2 Å². The minimum Gasteiger partial charge on any atom is -0.508 e. The predicted molar refractivity (Wildman–Crippen MR) is 111 cm³/mol. The maximum Gasteiger partial charge on any atom is 0.167 e. The first-order valence-electron chi connectivity index (χ1n) is 10.2. The molecule has 2 aromatic rings. The molecule has 0 saturated carbocycles. The second kappa shape index (κ2) is 9.76. The number of aryl methyl sites for hydroxylation is 2. The Kier molecular flexibility index (Phi) is 7.30. The van der Waals surface area contributed by atoms with Gasteiger partial charge in [0.05, 0.1) is 18.3 Å². The van der Waals surface area contributed by atoms with Gasteiger partial charge in [0.1, 0.15) is 35.9 Å². The van der Waals surface area contributed by atoms with Crippen LogP contribution >= 0.6 is 0 Å². The Balaban J connectivity index is 1.82. The van der Waals surface area contributed by atoms with Crippen LogP contribution in [0, 0.1) is 6.92 Å². The lowest BCUT2D eigenvalue weighted by molar-refractivity contribution is -0.228. The minimum atomic E-state index is -1.55. The molecule has 168 valence electrons. The quantitative estimate of drug-likeness (QED) is 0.349. The molecule has 3 rings (SSSR count). The highest BCUT2D eigenvalue weighted by Gasteiger charge is 2.43. The predicted octanol–water partition coefficient (Wildman–Crippen LogP) is 0.607. The number of phenolic OH excluding ortho intramolecular Hbond substituents is 2. The third-order valence-electron chi connectivity index (χ3n) is 5.64. The minimum absolute atomic E-state index is 0.00173. The van der Waals surface area contributed by atoms with E-state index in [1.165, 1.54) is 6.07 Å². The second-order valence-corrected chi connectivity index (χ2v) is 7.98. The van der Waals surface area contributed by atoms with Crippen molar-refractivity contribution in [2.24, 2.45) is 0 Å². The molecule has 2 aromatic carbocycles. The van der Waals surface area contributed by atoms with Gasteiger partial charge in [0.15, 0.2) is 5.78 Å². The highest BCUT2D eigenvalue weighted by atomic mass is 16.5. The number of phenols is 2. The Morgan fingerprint density at radius 3 is 2.26 bits per heavy atom. The van der Waals surface area contributed by atoms with Crippen molar-refractivity contribution >= 4 is 5.78 Å². The molecule has 8 nitrogen and oxygen atoms in total. The van der Waals surface area contributed by atoms with Gasteiger partial charge in [-0.15, -0.1) is 0 Å². The van der Waals surface area contributed by atoms with Gasteiger partial charge in [-0.3, -0.25) is 4.79 Å². The van der Waals surface area contributed by atoms with Crippen LogP contribution in [0.2, 0.25) is 0 Å². The monoisotopic (exact) mass is 432 g/mol. The Labute approximate surface area is 180 Å². The zero-order chi connectivity index (χ0) is 22.7. The smallest absolute Gasteiger partial charge is 0.167 e. The molecular weight excluding hydrogens is 404 g/mol. The number of carbonyl (C=O) groups is 1. The molecular formula is C23H28O8. The highest BCUT2D eigenvalue weighted by Crippen LogP contribution is 2.32. The summed E-state index contributed by atoms with van der Waals surface area (Å²) < 4.78 is 5.50. The summed E-state index contributed by atoms with van der Waals surface area (Å²) in [5.74, 6) is -1.02. The molecule has 0 spiro atoms. The van der Waals surface area contributed by atoms with Crippen molar-refractivity contribution in [1.29, 1.82) is 0 Å². The van der Waals surface area contributed by atoms with Gasteiger partial charge >= 0.3 is 0 Å². The first-order chi connectivity index (χ1) is 14.7. The molecule has 1 saturated heterocycles. The molecule has 1 fully saturated rings. The molecule has 8 heteroatoms. The number of aliphatic hydroxyl groups excluding tert-OH is 4. The average molecular weight is 432 g/mol. The second-order valence-electron chi connectivity index (χ2n) is 7.98. The van der Waals surface area contributed by atoms with Crippen LogP contribution in [0.5, 0.6) is 11.5 Å². The Bertz CT molecular complexity index is 909. The molecule has 1 aliphatic heterocycles. The maximum atomic E-state index is 12.9. The number of hydrogen-bond acceptors (Lipinski definition) is 8. The van der Waals surface area contributed by atoms with Crippen molar-refractivity contribution in [3.05, 3.63) is 58.7 Å². The van der Waals surface area contributed by atoms with Crippen LogP contribution in [-0.2, 0) is 17.6 Å². The molecule has 0 aromatic heterocycles. The largest absolute Gasteiger partial charge is 0.508 e. The van der Waals surface area contributed by atoms with Crippen LogP contribution in [0.3, 0.4) is 0 Å². The van der Waals surface area contributed by atoms with E-state index in [2.05, 4.69) is 0 Å². The van der Waals surface area contributed by atoms with Gasteiger partial charge in [0.2, 0.25) is 0 Å². The number of aliphatic hydroxyl groups is 4. The van der Waals surface area contributed by atoms with Crippen molar-refractivity contribution in [3.8, 4) is 11.5 Å². The lowest BCUT2D eigenvalue weighted by Gasteiger charge is -2.40. The number of rotatable bonds is 7. The summed E-state index contributed by atoms with van der Waals surface area (Å²) in [5.41, 5.74) is 2.30. The fourth-order valence-electron chi connectivity index (χ4n) is 3.85. The number of Topliss-reactive ketones (excluding diaryl/α,β-unsaturated/α-hetero) is 1. The molecule has 0 radical (unpaired) electrons. The van der Waals surface area contributed by atoms with Crippen LogP contribution < -0.4 is 0 Å². The third kappa shape index (κ3) is 5.23. The van der Waals surface area contributed by atoms with Crippen LogP contribution in [0.25, 0.3) is 0 Å². The number of benzene rings is 2. The molecule has 5 atom stereocenters. The van der Waals surface area contributed by atoms with Crippen LogP contribution in [-0.4, -0.2) is 73.5 Å². The van der Waals surface area contributed by atoms with Crippen molar-refractivity contribution in [2.75, 3.05) is 6.61 Å². The summed E-state index contributed by atoms with van der Waals surface area (Å²) in [6.07, 6.45) is -6.25. The van der Waals surface area contributed by atoms with Crippen molar-refractivity contribution in [1.82, 2.24) is 0 Å². The van der Waals surface area contributed by atoms with Gasteiger partial charge in [-0.05, 0) is 30.5 Å². The van der Waals surface area contributed by atoms with E-state index in [1.807, 2.05) is 31.2 Å². The number of ether oxygens (including phenoxy) is 1. The molecule has 0 bridgehead atoms. The lowest BCUT2D eigenvalue weighted by Crippen LogP contribution is -2.59. The first-order valence-corrected chi connectivity index (χ1v) is 10.2. The fraction of sp³-hybridized carbons (Fsp3) is 0.435. The zero-order valence-corrected chi connectivity index (χ0v) is 17.2. The van der Waals surface area contributed by atoms with E-state index in [-0.39, 0.29) is 35.5 Å². The van der Waals surface area contributed by atoms with Gasteiger partial charge in [-0.2, -0.15) is 0 Å². The summed E-state index contributed by atoms with van der Waals surface area (Å²) in [7, 11) is 0. The number of aromatic hydroxyl groups is 2. The van der Waals surface area contributed by atoms with Gasteiger partial charge in [-0.1, -0.05) is 29.8 Å². The highest BCUT2D eigenvalue weighted by molar-refractivity contribution is 6.00. The number of carbonyl (C=O) groups excluding carboxylic acids is 1. The standard InChI is InChI=1S/C23H28O8/c1-12-2-4-13(5-3-12)6-7-16(26)20-14(8-15(25)10-17(20)27)9-18-21(28)23(30)22(29)19(11-24)31-18/h2-5,8,10,18-19,21-25,27-30H,6-7,9,11H2,1H3/t18-,19?,21?,22+,23+/m0/s1. The summed E-state index contributed by atoms with van der Waals surface area (Å²) in [6, 6.07) is 10.1. The SMILES string of the molecule is Cc1ccc(CCC(=O)c2c(O)cc(O)cc2C[C@@H]2OC(CO)[C@@H](O)[C@H](O)C2O)cc1. The molecule has 31 heavy (non-hydrogen) atoms. The summed E-state index contributed by atoms with van der Waals surface area (Å²) in [4.78, 5) is 12.9. The van der Waals surface area contributed by atoms with Gasteiger partial charge < -0.3 is 35.4 Å². The van der Waals surface area contributed by atoms with Gasteiger partial charge in [0, 0.05) is 18.9 Å². The Morgan fingerprint density at radius 1 is 0.968 bits per heavy atom. The summed E-state index contributed by atoms with van der Waals surface area (Å²) >= 11 is 0. The molecule has 0 aliphatic carbocycles. The van der Waals surface area contributed by atoms with E-state index in [4.69, 9.17) is 4.74 Å². The van der Waals surface area contributed by atoms with E-state index in [0.29, 0.717) is 6.42 Å². The fourth-order valence-corrected chi connectivity index (χ4v) is 3.85. The number of hydrogen-bond donors (Lipinski definition) is 6. The maximum absolute atomic E-state index is 12.9. The molecule has 1 aliphatic rings. The third-order valence-corrected chi connectivity index (χ3v) is 5.64. The van der Waals surface area contributed by atoms with Crippen molar-refractivity contribution in [2.45, 2.75) is 56.7 Å². The van der Waals surface area contributed by atoms with Crippen LogP contribution in [0.1, 0.15) is 33.5 Å². The zero-order valence-electron chi connectivity index (χ0n) is 17.2. The van der Waals surface area contributed by atoms with E-state index in [1.54, 1.807) is 0 Å². The first kappa shape index (κ1) is 23.2. The average Bonchev–Trinajstić information content (AvgIpc) is 2.73. The Morgan fingerprint density at radius 2 is 1.61 bits per heavy atom. The topological polar surface area (TPSA) is 148 Å². The lowest BCUT2D eigenvalue weighted by atomic mass is 9.88. The molecule has 1 heterocycles. The van der Waals surface area contributed by atoms with E-state index >= 15 is 0 Å². The Hall–Kier alpha value is -2.49. The van der Waals surface area contributed by atoms with Crippen LogP contribution in [0.4, 0.5) is 0 Å². The van der Waals surface area contributed by atoms with Gasteiger partial charge in [0.25, 0.3) is 0 Å². The van der Waals surface area contributed by atoms with Crippen molar-refractivity contribution < 1.29 is 40.2 Å². The van der Waals surface area contributed by atoms with Crippen LogP contribution in [0.15, 0.2) is 36.4 Å². The summed E-state index contributed by atoms with van der Waals surface area (Å²) in [6.45, 7) is 1.39. The van der Waals surface area contributed by atoms with Crippen molar-refractivity contribution in [3.63, 3.8) is 0 Å². The normalized spacial score (nSPS) is 26.0. The summed E-state index contributed by atoms with van der Waals surface area (Å²) in [5, 5.41) is 59.9. The van der Waals surface area contributed by atoms with E-state index in [9.17, 15) is 35.4 Å². The molecule has 2 unspecified atom stereocenters. The molecule has 6 N–H and O–H groups in total. The number of ketones is 1.